The van der Waals surface area contributed by atoms with Gasteiger partial charge in [0.2, 0.25) is 0 Å². The Balaban J connectivity index is 1.61. The van der Waals surface area contributed by atoms with Crippen LogP contribution in [0, 0.1) is 0 Å². The van der Waals surface area contributed by atoms with Crippen LogP contribution in [-0.2, 0) is 4.74 Å². The summed E-state index contributed by atoms with van der Waals surface area (Å²) in [5.41, 5.74) is 0.484. The van der Waals surface area contributed by atoms with Gasteiger partial charge < -0.3 is 19.4 Å². The van der Waals surface area contributed by atoms with E-state index in [-0.39, 0.29) is 12.0 Å². The Bertz CT molecular complexity index is 653. The SMILES string of the molecule is O=C(c1cc(Cl)c[nH]1)N(CCOc1ccccc1)C[C@H]1CCCO1. The molecule has 1 aromatic carbocycles. The van der Waals surface area contributed by atoms with Gasteiger partial charge in [-0.05, 0) is 31.0 Å². The molecule has 24 heavy (non-hydrogen) atoms. The van der Waals surface area contributed by atoms with Crippen LogP contribution in [0.15, 0.2) is 42.6 Å². The van der Waals surface area contributed by atoms with Crippen LogP contribution < -0.4 is 4.74 Å². The first-order valence-corrected chi connectivity index (χ1v) is 8.53. The van der Waals surface area contributed by atoms with Gasteiger partial charge in [0.1, 0.15) is 18.1 Å². The highest BCUT2D eigenvalue weighted by Gasteiger charge is 2.24. The third kappa shape index (κ3) is 4.52. The minimum atomic E-state index is -0.0888. The molecule has 2 heterocycles. The normalized spacial score (nSPS) is 17.0. The number of para-hydroxylation sites is 1. The van der Waals surface area contributed by atoms with Gasteiger partial charge in [-0.1, -0.05) is 29.8 Å². The van der Waals surface area contributed by atoms with E-state index < -0.39 is 0 Å². The standard InChI is InChI=1S/C18H21ClN2O3/c19-14-11-17(20-12-14)18(22)21(13-16-7-4-9-23-16)8-10-24-15-5-2-1-3-6-15/h1-3,5-6,11-12,16,20H,4,7-10,13H2/t16-/m1/s1. The quantitative estimate of drug-likeness (QED) is 0.834. The second-order valence-corrected chi connectivity index (χ2v) is 6.22. The average molecular weight is 349 g/mol. The monoisotopic (exact) mass is 348 g/mol. The Morgan fingerprint density at radius 1 is 1.38 bits per heavy atom. The molecule has 0 saturated carbocycles. The van der Waals surface area contributed by atoms with Gasteiger partial charge in [0.25, 0.3) is 5.91 Å². The molecule has 1 fully saturated rings. The molecule has 1 aliphatic rings. The number of aromatic amines is 1. The number of amides is 1. The van der Waals surface area contributed by atoms with E-state index in [2.05, 4.69) is 4.98 Å². The number of rotatable bonds is 7. The summed E-state index contributed by atoms with van der Waals surface area (Å²) in [5, 5.41) is 0.524. The predicted octanol–water partition coefficient (Wildman–Crippen LogP) is 3.37. The summed E-state index contributed by atoms with van der Waals surface area (Å²) < 4.78 is 11.4. The second kappa shape index (κ2) is 8.22. The molecule has 0 spiro atoms. The van der Waals surface area contributed by atoms with Gasteiger partial charge in [-0.15, -0.1) is 0 Å². The van der Waals surface area contributed by atoms with Gasteiger partial charge in [-0.25, -0.2) is 0 Å². The summed E-state index contributed by atoms with van der Waals surface area (Å²) in [6.07, 6.45) is 3.73. The molecular formula is C18H21ClN2O3. The number of aromatic nitrogens is 1. The number of hydrogen-bond acceptors (Lipinski definition) is 3. The second-order valence-electron chi connectivity index (χ2n) is 5.78. The van der Waals surface area contributed by atoms with Crippen molar-refractivity contribution in [2.24, 2.45) is 0 Å². The zero-order valence-corrected chi connectivity index (χ0v) is 14.2. The van der Waals surface area contributed by atoms with Crippen molar-refractivity contribution in [3.8, 4) is 5.75 Å². The predicted molar refractivity (Wildman–Crippen MR) is 92.6 cm³/mol. The van der Waals surface area contributed by atoms with E-state index >= 15 is 0 Å². The maximum Gasteiger partial charge on any atom is 0.270 e. The molecule has 5 nitrogen and oxygen atoms in total. The summed E-state index contributed by atoms with van der Waals surface area (Å²) >= 11 is 5.91. The van der Waals surface area contributed by atoms with Gasteiger partial charge in [0.15, 0.2) is 0 Å². The van der Waals surface area contributed by atoms with Crippen LogP contribution in [0.2, 0.25) is 5.02 Å². The minimum absolute atomic E-state index is 0.0888. The lowest BCUT2D eigenvalue weighted by molar-refractivity contribution is 0.0490. The number of ether oxygens (including phenoxy) is 2. The lowest BCUT2D eigenvalue weighted by atomic mass is 10.2. The number of hydrogen-bond donors (Lipinski definition) is 1. The van der Waals surface area contributed by atoms with Gasteiger partial charge in [-0.3, -0.25) is 4.79 Å². The van der Waals surface area contributed by atoms with Crippen LogP contribution in [0.3, 0.4) is 0 Å². The smallest absolute Gasteiger partial charge is 0.270 e. The summed E-state index contributed by atoms with van der Waals surface area (Å²) in [4.78, 5) is 17.4. The van der Waals surface area contributed by atoms with Crippen molar-refractivity contribution in [3.63, 3.8) is 0 Å². The molecule has 3 rings (SSSR count). The number of nitrogens with zero attached hydrogens (tertiary/aromatic N) is 1. The molecule has 128 valence electrons. The van der Waals surface area contributed by atoms with Crippen molar-refractivity contribution in [1.29, 1.82) is 0 Å². The Kier molecular flexibility index (Phi) is 5.77. The molecular weight excluding hydrogens is 328 g/mol. The van der Waals surface area contributed by atoms with E-state index in [0.29, 0.717) is 30.4 Å². The van der Waals surface area contributed by atoms with Crippen molar-refractivity contribution in [2.75, 3.05) is 26.3 Å². The van der Waals surface area contributed by atoms with Crippen molar-refractivity contribution in [2.45, 2.75) is 18.9 Å². The average Bonchev–Trinajstić information content (AvgIpc) is 3.26. The number of halogens is 1. The Hall–Kier alpha value is -1.98. The third-order valence-electron chi connectivity index (χ3n) is 3.99. The van der Waals surface area contributed by atoms with Crippen LogP contribution in [0.4, 0.5) is 0 Å². The van der Waals surface area contributed by atoms with Crippen LogP contribution in [0.5, 0.6) is 5.75 Å². The lowest BCUT2D eigenvalue weighted by Gasteiger charge is -2.25. The Morgan fingerprint density at radius 3 is 2.88 bits per heavy atom. The van der Waals surface area contributed by atoms with E-state index in [4.69, 9.17) is 21.1 Å². The van der Waals surface area contributed by atoms with Crippen molar-refractivity contribution < 1.29 is 14.3 Å². The van der Waals surface area contributed by atoms with Gasteiger partial charge in [0, 0.05) is 19.3 Å². The molecule has 6 heteroatoms. The number of benzene rings is 1. The molecule has 0 unspecified atom stereocenters. The number of carbonyl (C=O) groups is 1. The largest absolute Gasteiger partial charge is 0.492 e. The number of H-pyrrole nitrogens is 1. The Morgan fingerprint density at radius 2 is 2.21 bits per heavy atom. The maximum atomic E-state index is 12.7. The van der Waals surface area contributed by atoms with E-state index in [0.717, 1.165) is 25.2 Å². The fourth-order valence-electron chi connectivity index (χ4n) is 2.76. The number of nitrogens with one attached hydrogen (secondary N) is 1. The summed E-state index contributed by atoms with van der Waals surface area (Å²) in [6, 6.07) is 11.2. The first-order valence-electron chi connectivity index (χ1n) is 8.15. The third-order valence-corrected chi connectivity index (χ3v) is 4.20. The van der Waals surface area contributed by atoms with Gasteiger partial charge in [-0.2, -0.15) is 0 Å². The highest BCUT2D eigenvalue weighted by atomic mass is 35.5. The summed E-state index contributed by atoms with van der Waals surface area (Å²) in [6.45, 7) is 2.25. The summed E-state index contributed by atoms with van der Waals surface area (Å²) in [7, 11) is 0. The lowest BCUT2D eigenvalue weighted by Crippen LogP contribution is -2.40. The van der Waals surface area contributed by atoms with E-state index in [1.165, 1.54) is 0 Å². The first-order chi connectivity index (χ1) is 11.7. The molecule has 0 bridgehead atoms. The fraction of sp³-hybridized carbons (Fsp3) is 0.389. The molecule has 1 aliphatic heterocycles. The van der Waals surface area contributed by atoms with Crippen molar-refractivity contribution in [1.82, 2.24) is 9.88 Å². The van der Waals surface area contributed by atoms with Crippen LogP contribution in [0.1, 0.15) is 23.3 Å². The topological polar surface area (TPSA) is 54.6 Å². The zero-order valence-electron chi connectivity index (χ0n) is 13.4. The maximum absolute atomic E-state index is 12.7. The first kappa shape index (κ1) is 16.9. The van der Waals surface area contributed by atoms with E-state index in [1.54, 1.807) is 17.2 Å². The highest BCUT2D eigenvalue weighted by molar-refractivity contribution is 6.30. The molecule has 1 atom stereocenters. The molecule has 1 aromatic heterocycles. The molecule has 0 radical (unpaired) electrons. The number of carbonyl (C=O) groups excluding carboxylic acids is 1. The van der Waals surface area contributed by atoms with E-state index in [9.17, 15) is 4.79 Å². The zero-order chi connectivity index (χ0) is 16.8. The van der Waals surface area contributed by atoms with E-state index in [1.807, 2.05) is 30.3 Å². The van der Waals surface area contributed by atoms with Gasteiger partial charge >= 0.3 is 0 Å². The molecule has 1 N–H and O–H groups in total. The molecule has 1 saturated heterocycles. The fourth-order valence-corrected chi connectivity index (χ4v) is 2.93. The Labute approximate surface area is 146 Å². The van der Waals surface area contributed by atoms with Crippen molar-refractivity contribution >= 4 is 17.5 Å². The molecule has 1 amide bonds. The van der Waals surface area contributed by atoms with Gasteiger partial charge in [0.05, 0.1) is 17.7 Å². The van der Waals surface area contributed by atoms with Crippen LogP contribution in [0.25, 0.3) is 0 Å². The van der Waals surface area contributed by atoms with Crippen molar-refractivity contribution in [3.05, 3.63) is 53.3 Å². The highest BCUT2D eigenvalue weighted by Crippen LogP contribution is 2.17. The molecule has 2 aromatic rings. The molecule has 0 aliphatic carbocycles. The minimum Gasteiger partial charge on any atom is -0.492 e. The van der Waals surface area contributed by atoms with Crippen LogP contribution >= 0.6 is 11.6 Å². The van der Waals surface area contributed by atoms with Crippen LogP contribution in [-0.4, -0.2) is 48.2 Å². The summed E-state index contributed by atoms with van der Waals surface area (Å²) in [5.74, 6) is 0.707.